The molecule has 240 valence electrons. The number of esters is 1. The second-order valence-electron chi connectivity index (χ2n) is 10.6. The van der Waals surface area contributed by atoms with Gasteiger partial charge in [-0.2, -0.15) is 5.26 Å². The molecule has 0 radical (unpaired) electrons. The predicted molar refractivity (Wildman–Crippen MR) is 186 cm³/mol. The Morgan fingerprint density at radius 3 is 2.44 bits per heavy atom. The standard InChI is InChI=1S/C37H27Cl2N3O5S/c1-3-46-36(44)31-32(25-7-5-4-6-8-25)41-37-42(33(31)26-13-15-27(38)16-14-26)35(43)30(48-37)19-24-17-28(39)34(29(18-24)45-2)47-21-23-11-9-22(20-40)10-12-23/h4-19,33H,3,21H2,1-2H3/b30-19-/t33-/m1/s1. The molecule has 2 heterocycles. The SMILES string of the molecule is CCOC(=O)C1=C(c2ccccc2)N=c2s/c(=C\c3cc(Cl)c(OCc4ccc(C#N)cc4)c(OC)c3)c(=O)n2[C@@H]1c1ccc(Cl)cc1. The number of rotatable bonds is 9. The van der Waals surface area contributed by atoms with Crippen molar-refractivity contribution >= 4 is 52.3 Å². The molecule has 0 N–H and O–H groups in total. The molecule has 0 saturated heterocycles. The van der Waals surface area contributed by atoms with Crippen LogP contribution in [0.5, 0.6) is 11.5 Å². The van der Waals surface area contributed by atoms with E-state index in [0.29, 0.717) is 53.8 Å². The van der Waals surface area contributed by atoms with Gasteiger partial charge < -0.3 is 14.2 Å². The number of halogens is 2. The van der Waals surface area contributed by atoms with E-state index >= 15 is 0 Å². The first-order valence-electron chi connectivity index (χ1n) is 14.8. The monoisotopic (exact) mass is 695 g/mol. The molecule has 8 nitrogen and oxygen atoms in total. The minimum atomic E-state index is -0.828. The van der Waals surface area contributed by atoms with Gasteiger partial charge in [0.05, 0.1) is 52.2 Å². The van der Waals surface area contributed by atoms with Gasteiger partial charge in [-0.25, -0.2) is 9.79 Å². The largest absolute Gasteiger partial charge is 0.493 e. The molecule has 4 aromatic carbocycles. The van der Waals surface area contributed by atoms with Crippen LogP contribution in [0.4, 0.5) is 0 Å². The van der Waals surface area contributed by atoms with Crippen molar-refractivity contribution in [1.82, 2.24) is 4.57 Å². The zero-order valence-electron chi connectivity index (χ0n) is 25.8. The molecule has 0 unspecified atom stereocenters. The molecule has 1 aliphatic rings. The fourth-order valence-corrected chi connectivity index (χ4v) is 6.75. The number of hydrogen-bond donors (Lipinski definition) is 0. The summed E-state index contributed by atoms with van der Waals surface area (Å²) in [7, 11) is 1.51. The molecule has 0 aliphatic carbocycles. The Bertz CT molecular complexity index is 2260. The summed E-state index contributed by atoms with van der Waals surface area (Å²) >= 11 is 14.1. The fourth-order valence-electron chi connectivity index (χ4n) is 5.35. The summed E-state index contributed by atoms with van der Waals surface area (Å²) in [6.45, 7) is 2.09. The number of hydrogen-bond acceptors (Lipinski definition) is 8. The van der Waals surface area contributed by atoms with E-state index in [2.05, 4.69) is 6.07 Å². The number of carbonyl (C=O) groups is 1. The molecule has 1 aliphatic heterocycles. The average Bonchev–Trinajstić information content (AvgIpc) is 3.41. The quantitative estimate of drug-likeness (QED) is 0.159. The topological polar surface area (TPSA) is 103 Å². The lowest BCUT2D eigenvalue weighted by Gasteiger charge is -2.25. The van der Waals surface area contributed by atoms with E-state index in [1.165, 1.54) is 23.0 Å². The summed E-state index contributed by atoms with van der Waals surface area (Å²) in [5.74, 6) is 0.157. The molecule has 0 bridgehead atoms. The van der Waals surface area contributed by atoms with Crippen LogP contribution in [0.25, 0.3) is 11.8 Å². The maximum atomic E-state index is 14.2. The number of thiazole rings is 1. The summed E-state index contributed by atoms with van der Waals surface area (Å²) in [6, 6.07) is 28.1. The summed E-state index contributed by atoms with van der Waals surface area (Å²) in [5, 5.41) is 9.86. The van der Waals surface area contributed by atoms with Crippen LogP contribution < -0.4 is 24.4 Å². The van der Waals surface area contributed by atoms with E-state index in [-0.39, 0.29) is 29.4 Å². The second-order valence-corrected chi connectivity index (χ2v) is 12.5. The van der Waals surface area contributed by atoms with Crippen molar-refractivity contribution in [3.63, 3.8) is 0 Å². The maximum Gasteiger partial charge on any atom is 0.338 e. The van der Waals surface area contributed by atoms with Gasteiger partial charge in [-0.3, -0.25) is 9.36 Å². The lowest BCUT2D eigenvalue weighted by Crippen LogP contribution is -2.40. The highest BCUT2D eigenvalue weighted by Crippen LogP contribution is 2.38. The van der Waals surface area contributed by atoms with Gasteiger partial charge in [0.15, 0.2) is 16.3 Å². The van der Waals surface area contributed by atoms with Crippen molar-refractivity contribution in [1.29, 1.82) is 5.26 Å². The molecule has 0 spiro atoms. The van der Waals surface area contributed by atoms with E-state index in [4.69, 9.17) is 47.7 Å². The highest BCUT2D eigenvalue weighted by Gasteiger charge is 2.35. The number of ether oxygens (including phenoxy) is 3. The fraction of sp³-hybridized carbons (Fsp3) is 0.135. The Morgan fingerprint density at radius 1 is 1.04 bits per heavy atom. The Hall–Kier alpha value is -5.14. The molecule has 0 saturated carbocycles. The predicted octanol–water partition coefficient (Wildman–Crippen LogP) is 6.70. The third kappa shape index (κ3) is 6.64. The van der Waals surface area contributed by atoms with Gasteiger partial charge in [-0.05, 0) is 66.1 Å². The summed E-state index contributed by atoms with van der Waals surface area (Å²) in [4.78, 5) is 33.1. The van der Waals surface area contributed by atoms with Gasteiger partial charge >= 0.3 is 5.97 Å². The Morgan fingerprint density at radius 2 is 1.77 bits per heavy atom. The van der Waals surface area contributed by atoms with Gasteiger partial charge in [0.25, 0.3) is 5.56 Å². The third-order valence-electron chi connectivity index (χ3n) is 7.58. The number of nitrogens with zero attached hydrogens (tertiary/aromatic N) is 3. The molecule has 48 heavy (non-hydrogen) atoms. The van der Waals surface area contributed by atoms with Crippen LogP contribution in [-0.2, 0) is 16.1 Å². The van der Waals surface area contributed by atoms with Gasteiger partial charge in [-0.15, -0.1) is 0 Å². The highest BCUT2D eigenvalue weighted by atomic mass is 35.5. The van der Waals surface area contributed by atoms with E-state index in [1.54, 1.807) is 73.7 Å². The molecule has 5 aromatic rings. The van der Waals surface area contributed by atoms with Crippen LogP contribution in [0.2, 0.25) is 10.0 Å². The first kappa shape index (κ1) is 32.8. The number of fused-ring (bicyclic) bond motifs is 1. The lowest BCUT2D eigenvalue weighted by atomic mass is 9.93. The zero-order valence-corrected chi connectivity index (χ0v) is 28.1. The second kappa shape index (κ2) is 14.3. The molecule has 0 amide bonds. The van der Waals surface area contributed by atoms with Crippen LogP contribution >= 0.6 is 34.5 Å². The van der Waals surface area contributed by atoms with Crippen molar-refractivity contribution < 1.29 is 19.0 Å². The molecule has 1 atom stereocenters. The summed E-state index contributed by atoms with van der Waals surface area (Å²) in [5.41, 5.74) is 3.72. The lowest BCUT2D eigenvalue weighted by molar-refractivity contribution is -0.138. The van der Waals surface area contributed by atoms with Crippen molar-refractivity contribution in [2.24, 2.45) is 4.99 Å². The maximum absolute atomic E-state index is 14.2. The number of carbonyl (C=O) groups excluding carboxylic acids is 1. The molecule has 6 rings (SSSR count). The van der Waals surface area contributed by atoms with Gasteiger partial charge in [0, 0.05) is 10.6 Å². The highest BCUT2D eigenvalue weighted by molar-refractivity contribution is 7.07. The van der Waals surface area contributed by atoms with E-state index in [0.717, 1.165) is 5.56 Å². The molecule has 1 aromatic heterocycles. The number of benzene rings is 4. The first-order chi connectivity index (χ1) is 23.3. The number of methoxy groups -OCH3 is 1. The first-order valence-corrected chi connectivity index (χ1v) is 16.4. The normalized spacial score (nSPS) is 14.1. The van der Waals surface area contributed by atoms with Crippen LogP contribution in [0, 0.1) is 11.3 Å². The van der Waals surface area contributed by atoms with E-state index in [1.807, 2.05) is 30.3 Å². The van der Waals surface area contributed by atoms with Crippen LogP contribution in [0.3, 0.4) is 0 Å². The minimum absolute atomic E-state index is 0.151. The van der Waals surface area contributed by atoms with Crippen LogP contribution in [0.15, 0.2) is 106 Å². The summed E-state index contributed by atoms with van der Waals surface area (Å²) < 4.78 is 19.0. The van der Waals surface area contributed by atoms with Gasteiger partial charge in [-0.1, -0.05) is 89.1 Å². The molecular weight excluding hydrogens is 669 g/mol. The average molecular weight is 697 g/mol. The van der Waals surface area contributed by atoms with E-state index in [9.17, 15) is 9.59 Å². The van der Waals surface area contributed by atoms with Crippen LogP contribution in [0.1, 0.15) is 40.8 Å². The third-order valence-corrected chi connectivity index (χ3v) is 9.09. The molecule has 0 fully saturated rings. The number of nitriles is 1. The smallest absolute Gasteiger partial charge is 0.338 e. The Labute approximate surface area is 290 Å². The van der Waals surface area contributed by atoms with Gasteiger partial charge in [0.1, 0.15) is 6.61 Å². The van der Waals surface area contributed by atoms with E-state index < -0.39 is 12.0 Å². The van der Waals surface area contributed by atoms with Crippen molar-refractivity contribution in [3.8, 4) is 17.6 Å². The van der Waals surface area contributed by atoms with Crippen molar-refractivity contribution in [2.75, 3.05) is 13.7 Å². The van der Waals surface area contributed by atoms with Crippen molar-refractivity contribution in [2.45, 2.75) is 19.6 Å². The minimum Gasteiger partial charge on any atom is -0.493 e. The Balaban J connectivity index is 1.47. The summed E-state index contributed by atoms with van der Waals surface area (Å²) in [6.07, 6.45) is 1.71. The van der Waals surface area contributed by atoms with Crippen molar-refractivity contribution in [3.05, 3.63) is 154 Å². The number of aromatic nitrogens is 1. The molecule has 11 heteroatoms. The van der Waals surface area contributed by atoms with Crippen LogP contribution in [-0.4, -0.2) is 24.3 Å². The molecular formula is C37H27Cl2N3O5S. The zero-order chi connectivity index (χ0) is 33.8. The Kier molecular flexibility index (Phi) is 9.78. The van der Waals surface area contributed by atoms with Gasteiger partial charge in [0.2, 0.25) is 0 Å².